The van der Waals surface area contributed by atoms with Gasteiger partial charge in [0.25, 0.3) is 6.01 Å². The molecule has 0 spiro atoms. The van der Waals surface area contributed by atoms with E-state index >= 15 is 0 Å². The summed E-state index contributed by atoms with van der Waals surface area (Å²) in [5.74, 6) is 0.737. The van der Waals surface area contributed by atoms with Crippen molar-refractivity contribution in [3.63, 3.8) is 0 Å². The zero-order valence-corrected chi connectivity index (χ0v) is 10.4. The molecule has 1 fully saturated rings. The number of hydrogen-bond acceptors (Lipinski definition) is 4. The highest BCUT2D eigenvalue weighted by Crippen LogP contribution is 2.16. The number of pyridine rings is 1. The van der Waals surface area contributed by atoms with Crippen LogP contribution in [0.3, 0.4) is 0 Å². The first-order chi connectivity index (χ1) is 8.92. The first-order valence-corrected chi connectivity index (χ1v) is 6.56. The van der Waals surface area contributed by atoms with E-state index in [1.165, 1.54) is 12.8 Å². The van der Waals surface area contributed by atoms with Gasteiger partial charge in [-0.1, -0.05) is 0 Å². The smallest absolute Gasteiger partial charge is 0.296 e. The molecule has 18 heavy (non-hydrogen) atoms. The van der Waals surface area contributed by atoms with E-state index in [1.54, 1.807) is 6.20 Å². The third-order valence-corrected chi connectivity index (χ3v) is 3.40. The molecule has 0 saturated carbocycles. The number of aromatic nitrogens is 3. The molecular formula is C13H18N4O. The van der Waals surface area contributed by atoms with Crippen LogP contribution in [0.25, 0.3) is 11.2 Å². The van der Waals surface area contributed by atoms with E-state index in [9.17, 15) is 0 Å². The Hall–Kier alpha value is -1.62. The summed E-state index contributed by atoms with van der Waals surface area (Å²) >= 11 is 0. The van der Waals surface area contributed by atoms with E-state index in [2.05, 4.69) is 20.3 Å². The van der Waals surface area contributed by atoms with Crippen LogP contribution in [-0.2, 0) is 0 Å². The average molecular weight is 246 g/mol. The first kappa shape index (κ1) is 11.5. The summed E-state index contributed by atoms with van der Waals surface area (Å²) in [6, 6.07) is 4.41. The highest BCUT2D eigenvalue weighted by molar-refractivity contribution is 5.70. The molecule has 0 amide bonds. The number of aromatic amines is 1. The quantitative estimate of drug-likeness (QED) is 0.862. The Morgan fingerprint density at radius 2 is 2.44 bits per heavy atom. The Morgan fingerprint density at radius 3 is 3.28 bits per heavy atom. The van der Waals surface area contributed by atoms with E-state index in [0.29, 0.717) is 18.3 Å². The molecule has 0 aliphatic carbocycles. The summed E-state index contributed by atoms with van der Waals surface area (Å²) in [7, 11) is 0. The molecule has 0 unspecified atom stereocenters. The lowest BCUT2D eigenvalue weighted by Gasteiger charge is -2.22. The molecule has 5 nitrogen and oxygen atoms in total. The zero-order chi connectivity index (χ0) is 12.2. The molecule has 96 valence electrons. The normalized spacial score (nSPS) is 20.1. The largest absolute Gasteiger partial charge is 0.465 e. The lowest BCUT2D eigenvalue weighted by Crippen LogP contribution is -2.30. The van der Waals surface area contributed by atoms with Crippen LogP contribution in [0.4, 0.5) is 0 Å². The monoisotopic (exact) mass is 246 g/mol. The van der Waals surface area contributed by atoms with Crippen LogP contribution in [0, 0.1) is 5.92 Å². The van der Waals surface area contributed by atoms with Crippen LogP contribution in [-0.4, -0.2) is 34.6 Å². The highest BCUT2D eigenvalue weighted by Gasteiger charge is 2.13. The summed E-state index contributed by atoms with van der Waals surface area (Å²) in [5.41, 5.74) is 1.64. The number of piperidine rings is 1. The van der Waals surface area contributed by atoms with Crippen LogP contribution in [0.1, 0.15) is 19.3 Å². The molecular weight excluding hydrogens is 228 g/mol. The molecule has 2 aromatic rings. The van der Waals surface area contributed by atoms with Crippen molar-refractivity contribution in [2.45, 2.75) is 19.3 Å². The number of hydrogen-bond donors (Lipinski definition) is 2. The van der Waals surface area contributed by atoms with Crippen molar-refractivity contribution in [2.75, 3.05) is 19.7 Å². The van der Waals surface area contributed by atoms with E-state index in [1.807, 2.05) is 12.1 Å². The molecule has 2 aromatic heterocycles. The van der Waals surface area contributed by atoms with E-state index in [4.69, 9.17) is 4.74 Å². The van der Waals surface area contributed by atoms with Gasteiger partial charge in [-0.15, -0.1) is 0 Å². The van der Waals surface area contributed by atoms with Gasteiger partial charge in [0.05, 0.1) is 12.1 Å². The molecule has 0 bridgehead atoms. The fraction of sp³-hybridized carbons (Fsp3) is 0.538. The maximum Gasteiger partial charge on any atom is 0.296 e. The molecule has 3 rings (SSSR count). The Balaban J connectivity index is 1.53. The van der Waals surface area contributed by atoms with Gasteiger partial charge in [0.1, 0.15) is 0 Å². The predicted molar refractivity (Wildman–Crippen MR) is 69.6 cm³/mol. The van der Waals surface area contributed by atoms with Crippen molar-refractivity contribution >= 4 is 11.2 Å². The van der Waals surface area contributed by atoms with Gasteiger partial charge in [0, 0.05) is 6.20 Å². The van der Waals surface area contributed by atoms with Gasteiger partial charge in [0.2, 0.25) is 0 Å². The number of fused-ring (bicyclic) bond motifs is 1. The summed E-state index contributed by atoms with van der Waals surface area (Å²) in [6.07, 6.45) is 5.40. The Labute approximate surface area is 106 Å². The topological polar surface area (TPSA) is 62.8 Å². The molecule has 1 saturated heterocycles. The maximum absolute atomic E-state index is 5.66. The number of ether oxygens (including phenoxy) is 1. The van der Waals surface area contributed by atoms with Gasteiger partial charge in [0.15, 0.2) is 5.65 Å². The van der Waals surface area contributed by atoms with Crippen LogP contribution in [0.5, 0.6) is 6.01 Å². The van der Waals surface area contributed by atoms with Gasteiger partial charge in [-0.05, 0) is 50.4 Å². The fourth-order valence-electron chi connectivity index (χ4n) is 2.38. The summed E-state index contributed by atoms with van der Waals surface area (Å²) in [5, 5.41) is 3.42. The molecule has 2 N–H and O–H groups in total. The molecule has 5 heteroatoms. The third-order valence-electron chi connectivity index (χ3n) is 3.40. The van der Waals surface area contributed by atoms with Crippen molar-refractivity contribution < 1.29 is 4.74 Å². The standard InChI is InChI=1S/C13H18N4O/c1-3-10(9-14-6-1)5-8-18-13-16-11-4-2-7-15-12(11)17-13/h2,4,7,10,14H,1,3,5-6,8-9H2,(H,15,16,17)/t10-/m1/s1. The van der Waals surface area contributed by atoms with Gasteiger partial charge < -0.3 is 15.0 Å². The molecule has 0 aromatic carbocycles. The van der Waals surface area contributed by atoms with Crippen LogP contribution in [0.15, 0.2) is 18.3 Å². The van der Waals surface area contributed by atoms with Crippen molar-refractivity contribution in [3.05, 3.63) is 18.3 Å². The van der Waals surface area contributed by atoms with Crippen molar-refractivity contribution in [2.24, 2.45) is 5.92 Å². The molecule has 0 radical (unpaired) electrons. The lowest BCUT2D eigenvalue weighted by atomic mass is 9.97. The van der Waals surface area contributed by atoms with E-state index in [-0.39, 0.29) is 0 Å². The highest BCUT2D eigenvalue weighted by atomic mass is 16.5. The second-order valence-electron chi connectivity index (χ2n) is 4.77. The number of H-pyrrole nitrogens is 1. The maximum atomic E-state index is 5.66. The number of rotatable bonds is 4. The lowest BCUT2D eigenvalue weighted by molar-refractivity contribution is 0.242. The minimum absolute atomic E-state index is 0.576. The minimum atomic E-state index is 0.576. The van der Waals surface area contributed by atoms with Gasteiger partial charge >= 0.3 is 0 Å². The molecule has 1 atom stereocenters. The van der Waals surface area contributed by atoms with Crippen LogP contribution < -0.4 is 10.1 Å². The Bertz CT molecular complexity index is 471. The Morgan fingerprint density at radius 1 is 1.44 bits per heavy atom. The second-order valence-corrected chi connectivity index (χ2v) is 4.77. The van der Waals surface area contributed by atoms with Gasteiger partial charge in [-0.2, -0.15) is 4.98 Å². The van der Waals surface area contributed by atoms with Gasteiger partial charge in [-0.3, -0.25) is 0 Å². The number of nitrogens with zero attached hydrogens (tertiary/aromatic N) is 2. The van der Waals surface area contributed by atoms with Crippen molar-refractivity contribution in [1.82, 2.24) is 20.3 Å². The minimum Gasteiger partial charge on any atom is -0.465 e. The number of nitrogens with one attached hydrogen (secondary N) is 2. The SMILES string of the molecule is c1cnc2nc(OCC[C@H]3CCCNC3)[nH]c2c1. The number of imidazole rings is 1. The summed E-state index contributed by atoms with van der Waals surface area (Å²) in [4.78, 5) is 11.6. The van der Waals surface area contributed by atoms with Crippen LogP contribution >= 0.6 is 0 Å². The first-order valence-electron chi connectivity index (χ1n) is 6.56. The zero-order valence-electron chi connectivity index (χ0n) is 10.4. The van der Waals surface area contributed by atoms with Gasteiger partial charge in [-0.25, -0.2) is 4.98 Å². The van der Waals surface area contributed by atoms with Crippen molar-refractivity contribution in [1.29, 1.82) is 0 Å². The Kier molecular flexibility index (Phi) is 3.41. The van der Waals surface area contributed by atoms with E-state index in [0.717, 1.165) is 30.9 Å². The molecule has 3 heterocycles. The summed E-state index contributed by atoms with van der Waals surface area (Å²) < 4.78 is 5.66. The third kappa shape index (κ3) is 2.61. The summed E-state index contributed by atoms with van der Waals surface area (Å²) in [6.45, 7) is 2.99. The molecule has 1 aliphatic heterocycles. The average Bonchev–Trinajstić information content (AvgIpc) is 2.82. The molecule has 1 aliphatic rings. The second kappa shape index (κ2) is 5.35. The van der Waals surface area contributed by atoms with Crippen molar-refractivity contribution in [3.8, 4) is 6.01 Å². The predicted octanol–water partition coefficient (Wildman–Crippen LogP) is 1.73. The van der Waals surface area contributed by atoms with Crippen LogP contribution in [0.2, 0.25) is 0 Å². The van der Waals surface area contributed by atoms with E-state index < -0.39 is 0 Å². The fourth-order valence-corrected chi connectivity index (χ4v) is 2.38.